The second-order valence-corrected chi connectivity index (χ2v) is 7.33. The van der Waals surface area contributed by atoms with Gasteiger partial charge in [0.2, 0.25) is 0 Å². The zero-order valence-corrected chi connectivity index (χ0v) is 13.9. The number of hydrogen-bond donors (Lipinski definition) is 1. The number of halogens is 3. The number of fused-ring (bicyclic) bond motifs is 1. The van der Waals surface area contributed by atoms with E-state index >= 15 is 0 Å². The van der Waals surface area contributed by atoms with Gasteiger partial charge in [-0.15, -0.1) is 0 Å². The maximum Gasteiger partial charge on any atom is 0.418 e. The fourth-order valence-corrected chi connectivity index (χ4v) is 4.63. The summed E-state index contributed by atoms with van der Waals surface area (Å²) in [5.74, 6) is 0. The van der Waals surface area contributed by atoms with Crippen molar-refractivity contribution in [2.45, 2.75) is 44.4 Å². The van der Waals surface area contributed by atoms with E-state index in [1.54, 1.807) is 12.1 Å². The summed E-state index contributed by atoms with van der Waals surface area (Å²) in [5.41, 5.74) is -0.0250. The number of pyridine rings is 1. The first-order valence-corrected chi connectivity index (χ1v) is 8.79. The predicted octanol–water partition coefficient (Wildman–Crippen LogP) is 4.39. The van der Waals surface area contributed by atoms with Crippen LogP contribution in [0.25, 0.3) is 10.9 Å². The minimum atomic E-state index is -4.42. The Hall–Kier alpha value is -1.82. The van der Waals surface area contributed by atoms with Crippen LogP contribution in [-0.2, 0) is 6.18 Å². The smallest absolute Gasteiger partial charge is 0.392 e. The zero-order chi connectivity index (χ0) is 17.7. The number of anilines is 1. The molecule has 2 aliphatic rings. The summed E-state index contributed by atoms with van der Waals surface area (Å²) in [7, 11) is 0. The third-order valence-corrected chi connectivity index (χ3v) is 5.86. The molecule has 1 spiro atoms. The molecular formula is C19H21F3N2O. The van der Waals surface area contributed by atoms with E-state index in [1.165, 1.54) is 12.3 Å². The van der Waals surface area contributed by atoms with Crippen LogP contribution < -0.4 is 4.90 Å². The molecular weight excluding hydrogens is 329 g/mol. The molecule has 0 radical (unpaired) electrons. The number of nitrogens with zero attached hydrogens (tertiary/aromatic N) is 2. The number of aromatic nitrogens is 1. The molecule has 1 aromatic heterocycles. The van der Waals surface area contributed by atoms with Crippen molar-refractivity contribution < 1.29 is 18.3 Å². The number of hydrogen-bond acceptors (Lipinski definition) is 3. The third kappa shape index (κ3) is 2.76. The van der Waals surface area contributed by atoms with Gasteiger partial charge < -0.3 is 10.0 Å². The molecule has 134 valence electrons. The average molecular weight is 350 g/mol. The lowest BCUT2D eigenvalue weighted by atomic mass is 9.76. The molecule has 1 N–H and O–H groups in total. The van der Waals surface area contributed by atoms with Gasteiger partial charge in [-0.05, 0) is 37.8 Å². The molecule has 1 aliphatic heterocycles. The molecule has 1 saturated carbocycles. The first-order valence-electron chi connectivity index (χ1n) is 8.79. The molecule has 2 heterocycles. The third-order valence-electron chi connectivity index (χ3n) is 5.86. The molecule has 0 unspecified atom stereocenters. The van der Waals surface area contributed by atoms with Crippen LogP contribution in [-0.4, -0.2) is 29.3 Å². The molecule has 2 atom stereocenters. The van der Waals surface area contributed by atoms with Gasteiger partial charge in [0, 0.05) is 35.8 Å². The predicted molar refractivity (Wildman–Crippen MR) is 90.5 cm³/mol. The first-order chi connectivity index (χ1) is 11.9. The molecule has 0 bridgehead atoms. The van der Waals surface area contributed by atoms with Crippen molar-refractivity contribution in [3.63, 3.8) is 0 Å². The molecule has 3 nitrogen and oxygen atoms in total. The molecule has 6 heteroatoms. The van der Waals surface area contributed by atoms with E-state index in [9.17, 15) is 18.3 Å². The molecule has 2 aromatic rings. The quantitative estimate of drug-likeness (QED) is 0.829. The van der Waals surface area contributed by atoms with Gasteiger partial charge >= 0.3 is 6.18 Å². The van der Waals surface area contributed by atoms with Gasteiger partial charge in [0.1, 0.15) is 0 Å². The highest BCUT2D eigenvalue weighted by atomic mass is 19.4. The van der Waals surface area contributed by atoms with Gasteiger partial charge in [0.25, 0.3) is 0 Å². The van der Waals surface area contributed by atoms with E-state index < -0.39 is 11.7 Å². The highest BCUT2D eigenvalue weighted by molar-refractivity contribution is 5.93. The first kappa shape index (κ1) is 16.6. The summed E-state index contributed by atoms with van der Waals surface area (Å²) in [6, 6.07) is 6.03. The Morgan fingerprint density at radius 3 is 2.68 bits per heavy atom. The Morgan fingerprint density at radius 2 is 1.96 bits per heavy atom. The maximum atomic E-state index is 13.3. The standard InChI is InChI=1S/C19H21F3N2O/c20-19(21,22)14-5-1-4-13-15(7-10-23-17(13)14)24-11-3-9-18(12-24)8-2-6-16(18)25/h1,4-5,7,10,16,25H,2-3,6,8-9,11-12H2/t16-,18-/m1/s1. The number of alkyl halides is 3. The SMILES string of the molecule is O[C@@H]1CCC[C@]12CCCN(c1ccnc3c(C(F)(F)F)cccc13)C2. The van der Waals surface area contributed by atoms with Gasteiger partial charge in [-0.2, -0.15) is 13.2 Å². The Labute approximate surface area is 144 Å². The van der Waals surface area contributed by atoms with Crippen LogP contribution in [0, 0.1) is 5.41 Å². The summed E-state index contributed by atoms with van der Waals surface area (Å²) < 4.78 is 39.9. The van der Waals surface area contributed by atoms with Crippen LogP contribution >= 0.6 is 0 Å². The van der Waals surface area contributed by atoms with Crippen molar-refractivity contribution in [3.8, 4) is 0 Å². The van der Waals surface area contributed by atoms with Crippen LogP contribution in [0.5, 0.6) is 0 Å². The molecule has 2 fully saturated rings. The van der Waals surface area contributed by atoms with Gasteiger partial charge in [0.15, 0.2) is 0 Å². The Morgan fingerprint density at radius 1 is 1.16 bits per heavy atom. The Bertz CT molecular complexity index is 792. The zero-order valence-electron chi connectivity index (χ0n) is 13.9. The van der Waals surface area contributed by atoms with E-state index in [4.69, 9.17) is 0 Å². The van der Waals surface area contributed by atoms with E-state index in [0.29, 0.717) is 11.9 Å². The van der Waals surface area contributed by atoms with Gasteiger partial charge in [-0.3, -0.25) is 4.98 Å². The molecule has 1 saturated heterocycles. The number of para-hydroxylation sites is 1. The van der Waals surface area contributed by atoms with Crippen molar-refractivity contribution in [2.75, 3.05) is 18.0 Å². The molecule has 1 aliphatic carbocycles. The van der Waals surface area contributed by atoms with Crippen molar-refractivity contribution in [2.24, 2.45) is 5.41 Å². The highest BCUT2D eigenvalue weighted by Crippen LogP contribution is 2.46. The highest BCUT2D eigenvalue weighted by Gasteiger charge is 2.45. The minimum Gasteiger partial charge on any atom is -0.392 e. The van der Waals surface area contributed by atoms with Crippen molar-refractivity contribution in [1.82, 2.24) is 4.98 Å². The van der Waals surface area contributed by atoms with E-state index in [2.05, 4.69) is 9.88 Å². The molecule has 1 aromatic carbocycles. The largest absolute Gasteiger partial charge is 0.418 e. The van der Waals surface area contributed by atoms with Crippen molar-refractivity contribution >= 4 is 16.6 Å². The maximum absolute atomic E-state index is 13.3. The normalized spacial score (nSPS) is 27.4. The van der Waals surface area contributed by atoms with Crippen molar-refractivity contribution in [1.29, 1.82) is 0 Å². The van der Waals surface area contributed by atoms with Gasteiger partial charge in [0.05, 0.1) is 17.2 Å². The van der Waals surface area contributed by atoms with E-state index in [1.807, 2.05) is 0 Å². The molecule has 0 amide bonds. The van der Waals surface area contributed by atoms with Crippen LogP contribution in [0.2, 0.25) is 0 Å². The van der Waals surface area contributed by atoms with Crippen LogP contribution in [0.4, 0.5) is 18.9 Å². The van der Waals surface area contributed by atoms with Gasteiger partial charge in [-0.25, -0.2) is 0 Å². The number of rotatable bonds is 1. The lowest BCUT2D eigenvalue weighted by Gasteiger charge is -2.44. The monoisotopic (exact) mass is 350 g/mol. The minimum absolute atomic E-state index is 0.000839. The fraction of sp³-hybridized carbons (Fsp3) is 0.526. The number of aliphatic hydroxyl groups excluding tert-OH is 1. The van der Waals surface area contributed by atoms with Crippen LogP contribution in [0.15, 0.2) is 30.5 Å². The van der Waals surface area contributed by atoms with E-state index in [0.717, 1.165) is 50.4 Å². The summed E-state index contributed by atoms with van der Waals surface area (Å²) >= 11 is 0. The topological polar surface area (TPSA) is 36.4 Å². The summed E-state index contributed by atoms with van der Waals surface area (Å²) in [4.78, 5) is 6.15. The second-order valence-electron chi connectivity index (χ2n) is 7.33. The Kier molecular flexibility index (Phi) is 3.90. The molecule has 25 heavy (non-hydrogen) atoms. The summed E-state index contributed by atoms with van der Waals surface area (Å²) in [6.45, 7) is 1.49. The van der Waals surface area contributed by atoms with Crippen LogP contribution in [0.1, 0.15) is 37.7 Å². The van der Waals surface area contributed by atoms with E-state index in [-0.39, 0.29) is 17.0 Å². The lowest BCUT2D eigenvalue weighted by Crippen LogP contribution is -2.47. The fourth-order valence-electron chi connectivity index (χ4n) is 4.63. The molecule has 4 rings (SSSR count). The number of benzene rings is 1. The average Bonchev–Trinajstić information content (AvgIpc) is 2.93. The summed E-state index contributed by atoms with van der Waals surface area (Å²) in [5, 5.41) is 11.0. The van der Waals surface area contributed by atoms with Crippen molar-refractivity contribution in [3.05, 3.63) is 36.0 Å². The number of aliphatic hydroxyl groups is 1. The lowest BCUT2D eigenvalue weighted by molar-refractivity contribution is -0.136. The van der Waals surface area contributed by atoms with Crippen LogP contribution in [0.3, 0.4) is 0 Å². The number of piperidine rings is 1. The Balaban J connectivity index is 1.77. The summed E-state index contributed by atoms with van der Waals surface area (Å²) in [6.07, 6.45) is 1.49. The second kappa shape index (κ2) is 5.87. The van der Waals surface area contributed by atoms with Gasteiger partial charge in [-0.1, -0.05) is 18.6 Å².